The summed E-state index contributed by atoms with van der Waals surface area (Å²) >= 11 is 0. The Labute approximate surface area is 136 Å². The second kappa shape index (κ2) is 6.65. The number of para-hydroxylation sites is 1. The summed E-state index contributed by atoms with van der Waals surface area (Å²) in [5, 5.41) is 4.12. The van der Waals surface area contributed by atoms with Crippen molar-refractivity contribution in [1.29, 1.82) is 0 Å². The Bertz CT molecular complexity index is 821. The molecule has 118 valence electrons. The van der Waals surface area contributed by atoms with E-state index in [0.717, 1.165) is 47.2 Å². The topological polar surface area (TPSA) is 46.9 Å². The molecule has 0 saturated heterocycles. The number of hydrogen-bond donors (Lipinski definition) is 1. The number of benzene rings is 1. The highest BCUT2D eigenvalue weighted by Gasteiger charge is 2.19. The number of hydrogen-bond acceptors (Lipinski definition) is 2. The predicted molar refractivity (Wildman–Crippen MR) is 93.8 cm³/mol. The molecule has 0 radical (unpaired) electrons. The van der Waals surface area contributed by atoms with Gasteiger partial charge in [0, 0.05) is 35.5 Å². The molecule has 0 aliphatic rings. The van der Waals surface area contributed by atoms with Gasteiger partial charge in [-0.05, 0) is 37.1 Å². The summed E-state index contributed by atoms with van der Waals surface area (Å²) in [6.45, 7) is 5.03. The molecule has 1 aromatic carbocycles. The van der Waals surface area contributed by atoms with Gasteiger partial charge in [0.1, 0.15) is 5.69 Å². The zero-order valence-electron chi connectivity index (χ0n) is 13.5. The highest BCUT2D eigenvalue weighted by atomic mass is 16.2. The summed E-state index contributed by atoms with van der Waals surface area (Å²) < 4.78 is 2.14. The maximum atomic E-state index is 12.8. The Balaban J connectivity index is 2.04. The van der Waals surface area contributed by atoms with Crippen molar-refractivity contribution < 1.29 is 4.79 Å². The van der Waals surface area contributed by atoms with Gasteiger partial charge in [-0.2, -0.15) is 0 Å². The van der Waals surface area contributed by atoms with Crippen LogP contribution in [0.25, 0.3) is 10.9 Å². The maximum absolute atomic E-state index is 12.8. The summed E-state index contributed by atoms with van der Waals surface area (Å²) in [4.78, 5) is 16.8. The van der Waals surface area contributed by atoms with E-state index in [4.69, 9.17) is 0 Å². The molecule has 23 heavy (non-hydrogen) atoms. The number of amides is 1. The van der Waals surface area contributed by atoms with Crippen molar-refractivity contribution in [1.82, 2.24) is 9.55 Å². The molecule has 0 aliphatic heterocycles. The van der Waals surface area contributed by atoms with Crippen LogP contribution in [0.3, 0.4) is 0 Å². The van der Waals surface area contributed by atoms with E-state index in [1.807, 2.05) is 19.1 Å². The zero-order valence-corrected chi connectivity index (χ0v) is 13.5. The van der Waals surface area contributed by atoms with Crippen LogP contribution in [0.5, 0.6) is 0 Å². The van der Waals surface area contributed by atoms with E-state index in [9.17, 15) is 4.79 Å². The number of rotatable bonds is 5. The molecule has 1 N–H and O–H groups in total. The Kier molecular flexibility index (Phi) is 4.42. The van der Waals surface area contributed by atoms with Gasteiger partial charge in [-0.3, -0.25) is 9.78 Å². The lowest BCUT2D eigenvalue weighted by Gasteiger charge is -2.11. The number of aromatic nitrogens is 2. The van der Waals surface area contributed by atoms with Gasteiger partial charge < -0.3 is 9.88 Å². The molecule has 0 spiro atoms. The van der Waals surface area contributed by atoms with Gasteiger partial charge in [-0.15, -0.1) is 0 Å². The number of unbranched alkanes of at least 4 members (excludes halogenated alkanes) is 1. The number of carbonyl (C=O) groups excluding carboxylic acids is 1. The Morgan fingerprint density at radius 3 is 2.65 bits per heavy atom. The minimum Gasteiger partial charge on any atom is -0.336 e. The van der Waals surface area contributed by atoms with Crippen molar-refractivity contribution in [2.24, 2.45) is 0 Å². The molecular formula is C19H21N3O. The molecule has 0 atom stereocenters. The van der Waals surface area contributed by atoms with Crippen molar-refractivity contribution in [3.05, 3.63) is 60.0 Å². The van der Waals surface area contributed by atoms with Crippen LogP contribution in [-0.4, -0.2) is 15.5 Å². The standard InChI is InChI=1S/C19H21N3O/c1-3-4-13-22-17-8-6-5-7-16(17)14(2)18(22)19(23)21-15-9-11-20-12-10-15/h5-12H,3-4,13H2,1-2H3,(H,20,21,23). The molecule has 1 amide bonds. The molecule has 4 nitrogen and oxygen atoms in total. The first-order valence-electron chi connectivity index (χ1n) is 8.01. The highest BCUT2D eigenvalue weighted by molar-refractivity contribution is 6.08. The molecule has 4 heteroatoms. The van der Waals surface area contributed by atoms with E-state index in [2.05, 4.69) is 33.9 Å². The normalized spacial score (nSPS) is 10.9. The second-order valence-electron chi connectivity index (χ2n) is 5.69. The largest absolute Gasteiger partial charge is 0.336 e. The van der Waals surface area contributed by atoms with E-state index in [1.54, 1.807) is 24.5 Å². The van der Waals surface area contributed by atoms with Crippen molar-refractivity contribution in [3.63, 3.8) is 0 Å². The van der Waals surface area contributed by atoms with E-state index in [-0.39, 0.29) is 5.91 Å². The molecule has 0 bridgehead atoms. The van der Waals surface area contributed by atoms with Crippen molar-refractivity contribution in [3.8, 4) is 0 Å². The molecular weight excluding hydrogens is 286 g/mol. The average molecular weight is 307 g/mol. The fraction of sp³-hybridized carbons (Fsp3) is 0.263. The quantitative estimate of drug-likeness (QED) is 0.759. The summed E-state index contributed by atoms with van der Waals surface area (Å²) in [5.74, 6) is -0.0685. The third kappa shape index (κ3) is 2.97. The summed E-state index contributed by atoms with van der Waals surface area (Å²) in [7, 11) is 0. The number of pyridine rings is 1. The second-order valence-corrected chi connectivity index (χ2v) is 5.69. The Morgan fingerprint density at radius 2 is 1.91 bits per heavy atom. The van der Waals surface area contributed by atoms with Crippen LogP contribution in [0, 0.1) is 6.92 Å². The lowest BCUT2D eigenvalue weighted by molar-refractivity contribution is 0.101. The van der Waals surface area contributed by atoms with Crippen LogP contribution < -0.4 is 5.32 Å². The fourth-order valence-electron chi connectivity index (χ4n) is 2.94. The molecule has 2 heterocycles. The molecule has 2 aromatic heterocycles. The van der Waals surface area contributed by atoms with Crippen molar-refractivity contribution in [2.45, 2.75) is 33.2 Å². The van der Waals surface area contributed by atoms with E-state index in [1.165, 1.54) is 0 Å². The lowest BCUT2D eigenvalue weighted by atomic mass is 10.1. The average Bonchev–Trinajstić information content (AvgIpc) is 2.86. The molecule has 0 unspecified atom stereocenters. The summed E-state index contributed by atoms with van der Waals surface area (Å²) in [6, 6.07) is 11.8. The van der Waals surface area contributed by atoms with Gasteiger partial charge in [0.25, 0.3) is 5.91 Å². The van der Waals surface area contributed by atoms with E-state index >= 15 is 0 Å². The predicted octanol–water partition coefficient (Wildman–Crippen LogP) is 4.40. The Morgan fingerprint density at radius 1 is 1.17 bits per heavy atom. The van der Waals surface area contributed by atoms with Gasteiger partial charge >= 0.3 is 0 Å². The minimum atomic E-state index is -0.0685. The number of aryl methyl sites for hydroxylation is 2. The first-order valence-corrected chi connectivity index (χ1v) is 8.01. The first kappa shape index (κ1) is 15.3. The van der Waals surface area contributed by atoms with Crippen LogP contribution >= 0.6 is 0 Å². The minimum absolute atomic E-state index is 0.0685. The molecule has 3 rings (SSSR count). The number of fused-ring (bicyclic) bond motifs is 1. The highest BCUT2D eigenvalue weighted by Crippen LogP contribution is 2.26. The smallest absolute Gasteiger partial charge is 0.272 e. The summed E-state index contributed by atoms with van der Waals surface area (Å²) in [5.41, 5.74) is 3.66. The number of carbonyl (C=O) groups is 1. The molecule has 0 fully saturated rings. The van der Waals surface area contributed by atoms with E-state index < -0.39 is 0 Å². The first-order chi connectivity index (χ1) is 11.2. The van der Waals surface area contributed by atoms with E-state index in [0.29, 0.717) is 0 Å². The third-order valence-electron chi connectivity index (χ3n) is 4.11. The molecule has 3 aromatic rings. The summed E-state index contributed by atoms with van der Waals surface area (Å²) in [6.07, 6.45) is 5.49. The van der Waals surface area contributed by atoms with Crippen LogP contribution in [0.4, 0.5) is 5.69 Å². The zero-order chi connectivity index (χ0) is 16.2. The van der Waals surface area contributed by atoms with Gasteiger partial charge in [-0.1, -0.05) is 31.5 Å². The number of anilines is 1. The van der Waals surface area contributed by atoms with Crippen molar-refractivity contribution in [2.75, 3.05) is 5.32 Å². The van der Waals surface area contributed by atoms with Crippen LogP contribution in [0.15, 0.2) is 48.8 Å². The molecule has 0 aliphatic carbocycles. The van der Waals surface area contributed by atoms with Crippen molar-refractivity contribution >= 4 is 22.5 Å². The van der Waals surface area contributed by atoms with Gasteiger partial charge in [0.05, 0.1) is 0 Å². The van der Waals surface area contributed by atoms with Gasteiger partial charge in [0.15, 0.2) is 0 Å². The van der Waals surface area contributed by atoms with Gasteiger partial charge in [-0.25, -0.2) is 0 Å². The monoisotopic (exact) mass is 307 g/mol. The van der Waals surface area contributed by atoms with Crippen LogP contribution in [0.1, 0.15) is 35.8 Å². The van der Waals surface area contributed by atoms with Crippen LogP contribution in [-0.2, 0) is 6.54 Å². The third-order valence-corrected chi connectivity index (χ3v) is 4.11. The number of nitrogens with zero attached hydrogens (tertiary/aromatic N) is 2. The Hall–Kier alpha value is -2.62. The SMILES string of the molecule is CCCCn1c(C(=O)Nc2ccncc2)c(C)c2ccccc21. The fourth-order valence-corrected chi connectivity index (χ4v) is 2.94. The lowest BCUT2D eigenvalue weighted by Crippen LogP contribution is -2.18. The number of nitrogens with one attached hydrogen (secondary N) is 1. The van der Waals surface area contributed by atoms with Crippen LogP contribution in [0.2, 0.25) is 0 Å². The van der Waals surface area contributed by atoms with Gasteiger partial charge in [0.2, 0.25) is 0 Å². The molecule has 0 saturated carbocycles. The maximum Gasteiger partial charge on any atom is 0.272 e.